The van der Waals surface area contributed by atoms with E-state index in [0.29, 0.717) is 23.2 Å². The maximum Gasteiger partial charge on any atom is 0.311 e. The van der Waals surface area contributed by atoms with Crippen molar-refractivity contribution in [3.63, 3.8) is 0 Å². The van der Waals surface area contributed by atoms with Crippen LogP contribution in [0, 0.1) is 0 Å². The number of hydrogen-bond donors (Lipinski definition) is 1. The summed E-state index contributed by atoms with van der Waals surface area (Å²) in [7, 11) is 0. The van der Waals surface area contributed by atoms with Gasteiger partial charge < -0.3 is 9.26 Å². The Kier molecular flexibility index (Phi) is 5.20. The number of ether oxygens (including phenoxy) is 1. The predicted octanol–water partition coefficient (Wildman–Crippen LogP) is 3.16. The molecular weight excluding hydrogens is 342 g/mol. The summed E-state index contributed by atoms with van der Waals surface area (Å²) in [5.41, 5.74) is 1.53. The van der Waals surface area contributed by atoms with Gasteiger partial charge in [0.05, 0.1) is 18.7 Å². The number of rotatable bonds is 6. The van der Waals surface area contributed by atoms with Crippen LogP contribution in [-0.4, -0.2) is 28.6 Å². The second kappa shape index (κ2) is 7.71. The number of anilines is 1. The van der Waals surface area contributed by atoms with E-state index in [1.165, 1.54) is 11.3 Å². The van der Waals surface area contributed by atoms with Crippen LogP contribution >= 0.6 is 11.3 Å². The molecule has 8 heteroatoms. The molecule has 0 saturated heterocycles. The first-order valence-electron chi connectivity index (χ1n) is 7.59. The first kappa shape index (κ1) is 16.8. The van der Waals surface area contributed by atoms with Gasteiger partial charge in [0.15, 0.2) is 16.6 Å². The van der Waals surface area contributed by atoms with E-state index in [-0.39, 0.29) is 18.1 Å². The first-order valence-corrected chi connectivity index (χ1v) is 8.47. The minimum atomic E-state index is -0.428. The normalized spacial score (nSPS) is 10.4. The summed E-state index contributed by atoms with van der Waals surface area (Å²) < 4.78 is 10.1. The summed E-state index contributed by atoms with van der Waals surface area (Å²) in [5, 5.41) is 8.51. The highest BCUT2D eigenvalue weighted by Crippen LogP contribution is 2.21. The molecule has 0 bridgehead atoms. The van der Waals surface area contributed by atoms with Crippen molar-refractivity contribution in [3.8, 4) is 11.3 Å². The fraction of sp³-hybridized carbons (Fsp3) is 0.176. The van der Waals surface area contributed by atoms with Gasteiger partial charge in [0, 0.05) is 17.0 Å². The number of esters is 1. The predicted molar refractivity (Wildman–Crippen MR) is 92.3 cm³/mol. The van der Waals surface area contributed by atoms with Crippen molar-refractivity contribution >= 4 is 28.3 Å². The van der Waals surface area contributed by atoms with Crippen molar-refractivity contribution in [1.82, 2.24) is 10.1 Å². The van der Waals surface area contributed by atoms with Gasteiger partial charge >= 0.3 is 5.97 Å². The Balaban J connectivity index is 1.64. The van der Waals surface area contributed by atoms with E-state index < -0.39 is 5.91 Å². The Morgan fingerprint density at radius 2 is 2.08 bits per heavy atom. The highest BCUT2D eigenvalue weighted by molar-refractivity contribution is 7.14. The van der Waals surface area contributed by atoms with Crippen LogP contribution in [-0.2, 0) is 16.0 Å². The number of benzene rings is 1. The fourth-order valence-electron chi connectivity index (χ4n) is 2.09. The average Bonchev–Trinajstić information content (AvgIpc) is 3.25. The van der Waals surface area contributed by atoms with E-state index in [9.17, 15) is 9.59 Å². The minimum absolute atomic E-state index is 0.0718. The smallest absolute Gasteiger partial charge is 0.311 e. The molecule has 0 aliphatic rings. The van der Waals surface area contributed by atoms with E-state index in [4.69, 9.17) is 9.26 Å². The van der Waals surface area contributed by atoms with Crippen molar-refractivity contribution < 1.29 is 18.8 Å². The van der Waals surface area contributed by atoms with E-state index in [2.05, 4.69) is 15.5 Å². The molecule has 3 rings (SSSR count). The molecule has 25 heavy (non-hydrogen) atoms. The van der Waals surface area contributed by atoms with Crippen LogP contribution in [0.1, 0.15) is 23.1 Å². The third-order valence-corrected chi connectivity index (χ3v) is 4.01. The largest absolute Gasteiger partial charge is 0.466 e. The summed E-state index contributed by atoms with van der Waals surface area (Å²) in [5.74, 6) is -0.273. The Labute approximate surface area is 147 Å². The molecule has 0 fully saturated rings. The number of nitrogens with one attached hydrogen (secondary N) is 1. The van der Waals surface area contributed by atoms with E-state index in [1.54, 1.807) is 18.4 Å². The molecule has 1 N–H and O–H groups in total. The number of nitrogens with zero attached hydrogens (tertiary/aromatic N) is 2. The highest BCUT2D eigenvalue weighted by Gasteiger charge is 2.16. The molecule has 0 aliphatic carbocycles. The number of amides is 1. The SMILES string of the molecule is CCOC(=O)Cc1csc(NC(=O)c2cc(-c3ccccc3)on2)n1. The lowest BCUT2D eigenvalue weighted by Gasteiger charge is -1.98. The topological polar surface area (TPSA) is 94.3 Å². The maximum absolute atomic E-state index is 12.2. The average molecular weight is 357 g/mol. The first-order chi connectivity index (χ1) is 12.2. The van der Waals surface area contributed by atoms with Gasteiger partial charge in [-0.2, -0.15) is 0 Å². The van der Waals surface area contributed by atoms with E-state index >= 15 is 0 Å². The molecule has 0 aliphatic heterocycles. The van der Waals surface area contributed by atoms with Gasteiger partial charge in [0.2, 0.25) is 0 Å². The number of carbonyl (C=O) groups excluding carboxylic acids is 2. The highest BCUT2D eigenvalue weighted by atomic mass is 32.1. The van der Waals surface area contributed by atoms with Gasteiger partial charge in [-0.15, -0.1) is 11.3 Å². The molecule has 1 aromatic carbocycles. The third kappa shape index (κ3) is 4.30. The van der Waals surface area contributed by atoms with Gasteiger partial charge in [-0.1, -0.05) is 35.5 Å². The molecule has 3 aromatic rings. The standard InChI is InChI=1S/C17H15N3O4S/c1-2-23-15(21)8-12-10-25-17(18-12)19-16(22)13-9-14(24-20-13)11-6-4-3-5-7-11/h3-7,9-10H,2,8H2,1H3,(H,18,19,22). The molecule has 0 radical (unpaired) electrons. The Hall–Kier alpha value is -3.00. The van der Waals surface area contributed by atoms with Crippen molar-refractivity contribution in [1.29, 1.82) is 0 Å². The Morgan fingerprint density at radius 3 is 2.84 bits per heavy atom. The van der Waals surface area contributed by atoms with Gasteiger partial charge in [-0.05, 0) is 6.92 Å². The molecule has 128 valence electrons. The van der Waals surface area contributed by atoms with Gasteiger partial charge in [-0.25, -0.2) is 4.98 Å². The van der Waals surface area contributed by atoms with Gasteiger partial charge in [-0.3, -0.25) is 14.9 Å². The van der Waals surface area contributed by atoms with Gasteiger partial charge in [0.25, 0.3) is 5.91 Å². The van der Waals surface area contributed by atoms with Crippen LogP contribution in [0.25, 0.3) is 11.3 Å². The van der Waals surface area contributed by atoms with Crippen LogP contribution < -0.4 is 5.32 Å². The summed E-state index contributed by atoms with van der Waals surface area (Å²) in [4.78, 5) is 27.9. The molecule has 0 atom stereocenters. The number of carbonyl (C=O) groups is 2. The minimum Gasteiger partial charge on any atom is -0.466 e. The zero-order chi connectivity index (χ0) is 17.6. The lowest BCUT2D eigenvalue weighted by atomic mass is 10.1. The zero-order valence-electron chi connectivity index (χ0n) is 13.4. The van der Waals surface area contributed by atoms with Crippen molar-refractivity contribution in [2.45, 2.75) is 13.3 Å². The van der Waals surface area contributed by atoms with Crippen LogP contribution in [0.15, 0.2) is 46.3 Å². The van der Waals surface area contributed by atoms with Crippen molar-refractivity contribution in [2.75, 3.05) is 11.9 Å². The van der Waals surface area contributed by atoms with E-state index in [0.717, 1.165) is 5.56 Å². The van der Waals surface area contributed by atoms with Crippen molar-refractivity contribution in [2.24, 2.45) is 0 Å². The monoisotopic (exact) mass is 357 g/mol. The quantitative estimate of drug-likeness (QED) is 0.681. The molecule has 0 unspecified atom stereocenters. The Morgan fingerprint density at radius 1 is 1.28 bits per heavy atom. The van der Waals surface area contributed by atoms with Crippen LogP contribution in [0.3, 0.4) is 0 Å². The summed E-state index contributed by atoms with van der Waals surface area (Å²) in [6.45, 7) is 2.06. The maximum atomic E-state index is 12.2. The van der Waals surface area contributed by atoms with E-state index in [1.807, 2.05) is 30.3 Å². The second-order valence-electron chi connectivity index (χ2n) is 5.02. The molecule has 2 aromatic heterocycles. The second-order valence-corrected chi connectivity index (χ2v) is 5.88. The molecule has 1 amide bonds. The lowest BCUT2D eigenvalue weighted by Crippen LogP contribution is -2.12. The number of hydrogen-bond acceptors (Lipinski definition) is 7. The molecule has 0 spiro atoms. The lowest BCUT2D eigenvalue weighted by molar-refractivity contribution is -0.142. The molecule has 7 nitrogen and oxygen atoms in total. The number of thiazole rings is 1. The molecular formula is C17H15N3O4S. The summed E-state index contributed by atoms with van der Waals surface area (Å²) in [6.07, 6.45) is 0.0718. The zero-order valence-corrected chi connectivity index (χ0v) is 14.2. The molecule has 0 saturated carbocycles. The number of aromatic nitrogens is 2. The summed E-state index contributed by atoms with van der Waals surface area (Å²) >= 11 is 1.23. The van der Waals surface area contributed by atoms with Crippen LogP contribution in [0.5, 0.6) is 0 Å². The van der Waals surface area contributed by atoms with Crippen LogP contribution in [0.2, 0.25) is 0 Å². The Bertz CT molecular complexity index is 873. The van der Waals surface area contributed by atoms with Crippen LogP contribution in [0.4, 0.5) is 5.13 Å². The van der Waals surface area contributed by atoms with Crippen molar-refractivity contribution in [3.05, 3.63) is 53.2 Å². The summed E-state index contributed by atoms with van der Waals surface area (Å²) in [6, 6.07) is 10.9. The van der Waals surface area contributed by atoms with Gasteiger partial charge in [0.1, 0.15) is 0 Å². The fourth-order valence-corrected chi connectivity index (χ4v) is 2.79. The third-order valence-electron chi connectivity index (χ3n) is 3.20. The molecule has 2 heterocycles.